The second-order valence-corrected chi connectivity index (χ2v) is 8.31. The molecule has 166 valence electrons. The number of anilines is 1. The zero-order valence-corrected chi connectivity index (χ0v) is 18.3. The number of hydrogen-bond donors (Lipinski definition) is 0. The second kappa shape index (κ2) is 8.30. The molecule has 1 amide bonds. The van der Waals surface area contributed by atoms with Crippen molar-refractivity contribution in [2.45, 2.75) is 46.1 Å². The number of alkyl halides is 2. The molecule has 0 fully saturated rings. The Morgan fingerprint density at radius 3 is 2.66 bits per heavy atom. The van der Waals surface area contributed by atoms with E-state index in [1.54, 1.807) is 13.0 Å². The van der Waals surface area contributed by atoms with Crippen LogP contribution in [-0.4, -0.2) is 22.0 Å². The third kappa shape index (κ3) is 4.07. The van der Waals surface area contributed by atoms with Crippen molar-refractivity contribution in [3.05, 3.63) is 65.9 Å². The van der Waals surface area contributed by atoms with E-state index in [0.717, 1.165) is 30.8 Å². The average molecular weight is 437 g/mol. The number of carbonyl (C=O) groups is 2. The largest absolute Gasteiger partial charge is 0.347 e. The van der Waals surface area contributed by atoms with E-state index in [0.29, 0.717) is 17.0 Å². The lowest BCUT2D eigenvalue weighted by atomic mass is 9.93. The molecule has 2 aromatic carbocycles. The Hall–Kier alpha value is -3.35. The summed E-state index contributed by atoms with van der Waals surface area (Å²) in [4.78, 5) is 26.1. The number of hydrogen-bond acceptors (Lipinski definition) is 3. The summed E-state index contributed by atoms with van der Waals surface area (Å²) >= 11 is 0. The third-order valence-corrected chi connectivity index (χ3v) is 5.73. The fourth-order valence-corrected chi connectivity index (χ4v) is 4.12. The van der Waals surface area contributed by atoms with Crippen LogP contribution in [0.1, 0.15) is 38.3 Å². The van der Waals surface area contributed by atoms with Crippen LogP contribution in [0.15, 0.2) is 59.8 Å². The van der Waals surface area contributed by atoms with E-state index in [2.05, 4.69) is 16.6 Å². The Labute approximate surface area is 185 Å². The van der Waals surface area contributed by atoms with Gasteiger partial charge in [-0.1, -0.05) is 31.2 Å². The number of amides is 1. The fraction of sp³-hybridized carbons (Fsp3) is 0.320. The number of Topliss-reactive ketones (excluding diaryl/α,β-unsaturated/α-hetero) is 1. The van der Waals surface area contributed by atoms with Gasteiger partial charge < -0.3 is 4.57 Å². The highest BCUT2D eigenvalue weighted by atomic mass is 19.3. The van der Waals surface area contributed by atoms with Gasteiger partial charge in [0.25, 0.3) is 11.8 Å². The standard InChI is InChI=1S/C25H25F2N3O2/c1-4-11-29-12-10-18-8-9-20(15-21(18)29)30-24(32)23(16(2)28-30)22(31)14-17-6-5-7-19(13-17)25(3,26)27/h5-10,12-13,15,23H,4,11,14H2,1-3H3. The number of nitrogens with zero attached hydrogens (tertiary/aromatic N) is 3. The number of benzene rings is 2. The van der Waals surface area contributed by atoms with Gasteiger partial charge in [0, 0.05) is 31.6 Å². The van der Waals surface area contributed by atoms with Crippen molar-refractivity contribution in [3.8, 4) is 0 Å². The van der Waals surface area contributed by atoms with Crippen LogP contribution in [0.5, 0.6) is 0 Å². The Morgan fingerprint density at radius 2 is 1.94 bits per heavy atom. The zero-order valence-electron chi connectivity index (χ0n) is 18.3. The molecule has 5 nitrogen and oxygen atoms in total. The average Bonchev–Trinajstić information content (AvgIpc) is 3.27. The third-order valence-electron chi connectivity index (χ3n) is 5.73. The Balaban J connectivity index is 1.57. The molecule has 0 aliphatic carbocycles. The molecule has 0 N–H and O–H groups in total. The van der Waals surface area contributed by atoms with Gasteiger partial charge in [-0.3, -0.25) is 9.59 Å². The number of rotatable bonds is 7. The van der Waals surface area contributed by atoms with Crippen LogP contribution in [0.25, 0.3) is 10.9 Å². The van der Waals surface area contributed by atoms with Crippen LogP contribution in [0.4, 0.5) is 14.5 Å². The van der Waals surface area contributed by atoms with Gasteiger partial charge in [0.15, 0.2) is 5.78 Å². The van der Waals surface area contributed by atoms with Gasteiger partial charge in [-0.25, -0.2) is 8.78 Å². The number of aryl methyl sites for hydroxylation is 1. The number of fused-ring (bicyclic) bond motifs is 1. The summed E-state index contributed by atoms with van der Waals surface area (Å²) in [5.41, 5.74) is 2.29. The van der Waals surface area contributed by atoms with Gasteiger partial charge in [0.05, 0.1) is 16.9 Å². The van der Waals surface area contributed by atoms with E-state index < -0.39 is 17.7 Å². The highest BCUT2D eigenvalue weighted by Crippen LogP contribution is 2.30. The lowest BCUT2D eigenvalue weighted by Gasteiger charge is -2.15. The van der Waals surface area contributed by atoms with Gasteiger partial charge in [-0.2, -0.15) is 10.1 Å². The molecular weight excluding hydrogens is 412 g/mol. The molecule has 4 rings (SSSR count). The SMILES string of the molecule is CCCn1ccc2ccc(N3N=C(C)C(C(=O)Cc4cccc(C(C)(F)F)c4)C3=O)cc21. The predicted octanol–water partition coefficient (Wildman–Crippen LogP) is 5.31. The van der Waals surface area contributed by atoms with Crippen LogP contribution >= 0.6 is 0 Å². The van der Waals surface area contributed by atoms with Crippen molar-refractivity contribution in [1.82, 2.24) is 4.57 Å². The molecule has 0 saturated carbocycles. The predicted molar refractivity (Wildman–Crippen MR) is 121 cm³/mol. The highest BCUT2D eigenvalue weighted by molar-refractivity contribution is 6.27. The number of carbonyl (C=O) groups excluding carboxylic acids is 2. The summed E-state index contributed by atoms with van der Waals surface area (Å²) in [7, 11) is 0. The van der Waals surface area contributed by atoms with E-state index in [9.17, 15) is 18.4 Å². The summed E-state index contributed by atoms with van der Waals surface area (Å²) in [6, 6.07) is 13.4. The topological polar surface area (TPSA) is 54.7 Å². The molecular formula is C25H25F2N3O2. The van der Waals surface area contributed by atoms with E-state index in [1.165, 1.54) is 23.2 Å². The van der Waals surface area contributed by atoms with Crippen molar-refractivity contribution >= 4 is 34.0 Å². The van der Waals surface area contributed by atoms with Crippen molar-refractivity contribution in [2.75, 3.05) is 5.01 Å². The second-order valence-electron chi connectivity index (χ2n) is 8.31. The van der Waals surface area contributed by atoms with E-state index in [1.807, 2.05) is 30.5 Å². The number of ketones is 1. The quantitative estimate of drug-likeness (QED) is 0.470. The molecule has 1 aliphatic heterocycles. The molecule has 3 aromatic rings. The van der Waals surface area contributed by atoms with E-state index >= 15 is 0 Å². The molecule has 1 aliphatic rings. The summed E-state index contributed by atoms with van der Waals surface area (Å²) in [6.45, 7) is 5.42. The fourth-order valence-electron chi connectivity index (χ4n) is 4.12. The molecule has 7 heteroatoms. The first kappa shape index (κ1) is 21.9. The highest BCUT2D eigenvalue weighted by Gasteiger charge is 2.39. The van der Waals surface area contributed by atoms with Crippen LogP contribution < -0.4 is 5.01 Å². The Morgan fingerprint density at radius 1 is 1.16 bits per heavy atom. The zero-order chi connectivity index (χ0) is 23.0. The van der Waals surface area contributed by atoms with Gasteiger partial charge >= 0.3 is 0 Å². The van der Waals surface area contributed by atoms with Gasteiger partial charge in [0.2, 0.25) is 0 Å². The van der Waals surface area contributed by atoms with E-state index in [4.69, 9.17) is 0 Å². The molecule has 0 bridgehead atoms. The Bertz CT molecular complexity index is 1220. The van der Waals surface area contributed by atoms with Crippen LogP contribution in [-0.2, 0) is 28.5 Å². The first-order chi connectivity index (χ1) is 15.2. The number of halogens is 2. The first-order valence-corrected chi connectivity index (χ1v) is 10.7. The van der Waals surface area contributed by atoms with E-state index in [-0.39, 0.29) is 17.8 Å². The van der Waals surface area contributed by atoms with Crippen molar-refractivity contribution in [2.24, 2.45) is 11.0 Å². The first-order valence-electron chi connectivity index (χ1n) is 10.7. The number of aromatic nitrogens is 1. The maximum absolute atomic E-state index is 13.6. The molecule has 2 heterocycles. The van der Waals surface area contributed by atoms with Crippen LogP contribution in [0.3, 0.4) is 0 Å². The molecule has 1 aromatic heterocycles. The summed E-state index contributed by atoms with van der Waals surface area (Å²) in [5, 5.41) is 6.70. The summed E-state index contributed by atoms with van der Waals surface area (Å²) in [6.07, 6.45) is 2.88. The van der Waals surface area contributed by atoms with Crippen molar-refractivity contribution in [3.63, 3.8) is 0 Å². The molecule has 32 heavy (non-hydrogen) atoms. The molecule has 0 saturated heterocycles. The van der Waals surface area contributed by atoms with Crippen molar-refractivity contribution < 1.29 is 18.4 Å². The lowest BCUT2D eigenvalue weighted by Crippen LogP contribution is -2.33. The van der Waals surface area contributed by atoms with Gasteiger partial charge in [-0.05, 0) is 48.6 Å². The maximum Gasteiger partial charge on any atom is 0.270 e. The molecule has 0 radical (unpaired) electrons. The summed E-state index contributed by atoms with van der Waals surface area (Å²) in [5.74, 6) is -4.79. The minimum atomic E-state index is -3.00. The molecule has 0 spiro atoms. The smallest absolute Gasteiger partial charge is 0.270 e. The normalized spacial score (nSPS) is 16.7. The van der Waals surface area contributed by atoms with Crippen LogP contribution in [0.2, 0.25) is 0 Å². The maximum atomic E-state index is 13.6. The molecule has 1 atom stereocenters. The summed E-state index contributed by atoms with van der Waals surface area (Å²) < 4.78 is 29.4. The molecule has 1 unspecified atom stereocenters. The van der Waals surface area contributed by atoms with Crippen molar-refractivity contribution in [1.29, 1.82) is 0 Å². The van der Waals surface area contributed by atoms with Crippen LogP contribution in [0, 0.1) is 5.92 Å². The Kier molecular flexibility index (Phi) is 5.67. The van der Waals surface area contributed by atoms with Gasteiger partial charge in [0.1, 0.15) is 5.92 Å². The van der Waals surface area contributed by atoms with Gasteiger partial charge in [-0.15, -0.1) is 0 Å². The monoisotopic (exact) mass is 437 g/mol. The number of hydrazone groups is 1. The lowest BCUT2D eigenvalue weighted by molar-refractivity contribution is -0.128. The minimum Gasteiger partial charge on any atom is -0.347 e. The minimum absolute atomic E-state index is 0.112.